The summed E-state index contributed by atoms with van der Waals surface area (Å²) < 4.78 is 0. The van der Waals surface area contributed by atoms with Gasteiger partial charge in [-0.2, -0.15) is 0 Å². The van der Waals surface area contributed by atoms with Crippen molar-refractivity contribution in [3.8, 4) is 0 Å². The molecule has 1 fully saturated rings. The zero-order valence-electron chi connectivity index (χ0n) is 7.21. The van der Waals surface area contributed by atoms with Crippen LogP contribution >= 0.6 is 27.5 Å². The molecular weight excluding hydrogens is 249 g/mol. The third kappa shape index (κ3) is 2.44. The Kier molecular flexibility index (Phi) is 2.89. The molecule has 1 nitrogen and oxygen atoms in total. The molecular formula is C10H11BrClN. The molecule has 2 rings (SSSR count). The predicted octanol–water partition coefficient (Wildman–Crippen LogP) is 3.45. The van der Waals surface area contributed by atoms with Gasteiger partial charge < -0.3 is 0 Å². The molecule has 0 radical (unpaired) electrons. The van der Waals surface area contributed by atoms with E-state index >= 15 is 0 Å². The molecule has 0 spiro atoms. The summed E-state index contributed by atoms with van der Waals surface area (Å²) in [5, 5.41) is 0.785. The molecule has 1 saturated carbocycles. The monoisotopic (exact) mass is 259 g/mol. The van der Waals surface area contributed by atoms with Crippen molar-refractivity contribution in [2.24, 2.45) is 5.92 Å². The number of rotatable bonds is 3. The van der Waals surface area contributed by atoms with Crippen LogP contribution in [0.1, 0.15) is 18.4 Å². The lowest BCUT2D eigenvalue weighted by molar-refractivity contribution is 0.760. The van der Waals surface area contributed by atoms with Gasteiger partial charge in [-0.25, -0.2) is 0 Å². The first kappa shape index (κ1) is 9.47. The maximum Gasteiger partial charge on any atom is 0.0621 e. The highest BCUT2D eigenvalue weighted by atomic mass is 79.9. The van der Waals surface area contributed by atoms with Crippen LogP contribution in [0.5, 0.6) is 0 Å². The number of aromatic nitrogens is 1. The van der Waals surface area contributed by atoms with Crippen molar-refractivity contribution in [3.63, 3.8) is 0 Å². The van der Waals surface area contributed by atoms with Crippen LogP contribution in [0.4, 0.5) is 0 Å². The lowest BCUT2D eigenvalue weighted by atomic mass is 10.1. The summed E-state index contributed by atoms with van der Waals surface area (Å²) in [5.74, 6) is 0.865. The minimum Gasteiger partial charge on any atom is -0.263 e. The maximum atomic E-state index is 6.01. The van der Waals surface area contributed by atoms with E-state index in [-0.39, 0.29) is 0 Å². The van der Waals surface area contributed by atoms with Crippen LogP contribution in [0.3, 0.4) is 0 Å². The Morgan fingerprint density at radius 2 is 2.38 bits per heavy atom. The smallest absolute Gasteiger partial charge is 0.0621 e. The van der Waals surface area contributed by atoms with Crippen LogP contribution in [0, 0.1) is 5.92 Å². The van der Waals surface area contributed by atoms with Gasteiger partial charge in [-0.1, -0.05) is 27.5 Å². The lowest BCUT2D eigenvalue weighted by Crippen LogP contribution is -2.05. The van der Waals surface area contributed by atoms with Crippen molar-refractivity contribution in [1.82, 2.24) is 4.98 Å². The summed E-state index contributed by atoms with van der Waals surface area (Å²) in [4.78, 5) is 4.56. The fourth-order valence-electron chi connectivity index (χ4n) is 1.40. The molecule has 0 N–H and O–H groups in total. The molecule has 70 valence electrons. The molecule has 3 heteroatoms. The Bertz CT molecular complexity index is 299. The minimum absolute atomic E-state index is 0.590. The summed E-state index contributed by atoms with van der Waals surface area (Å²) in [6, 6.07) is 2.00. The highest BCUT2D eigenvalue weighted by Crippen LogP contribution is 2.38. The minimum atomic E-state index is 0.590. The van der Waals surface area contributed by atoms with Crippen molar-refractivity contribution in [1.29, 1.82) is 0 Å². The molecule has 1 heterocycles. The third-order valence-electron chi connectivity index (χ3n) is 2.40. The van der Waals surface area contributed by atoms with Gasteiger partial charge in [0.2, 0.25) is 0 Å². The van der Waals surface area contributed by atoms with Crippen LogP contribution in [0.2, 0.25) is 5.02 Å². The molecule has 1 aromatic heterocycles. The van der Waals surface area contributed by atoms with E-state index in [4.69, 9.17) is 11.6 Å². The van der Waals surface area contributed by atoms with Gasteiger partial charge in [0, 0.05) is 17.2 Å². The molecule has 1 atom stereocenters. The van der Waals surface area contributed by atoms with E-state index in [1.807, 2.05) is 6.07 Å². The van der Waals surface area contributed by atoms with E-state index < -0.39 is 0 Å². The standard InChI is InChI=1S/C10H11BrClN/c11-9(7-1-2-7)5-8-3-4-13-6-10(8)12/h3-4,6-7,9H,1-2,5H2. The van der Waals surface area contributed by atoms with E-state index in [9.17, 15) is 0 Å². The first-order valence-corrected chi connectivity index (χ1v) is 5.79. The van der Waals surface area contributed by atoms with E-state index in [1.54, 1.807) is 12.4 Å². The van der Waals surface area contributed by atoms with Crippen molar-refractivity contribution in [3.05, 3.63) is 29.0 Å². The summed E-state index contributed by atoms with van der Waals surface area (Å²) in [7, 11) is 0. The molecule has 1 unspecified atom stereocenters. The zero-order valence-corrected chi connectivity index (χ0v) is 9.55. The molecule has 1 aliphatic rings. The molecule has 0 bridgehead atoms. The van der Waals surface area contributed by atoms with Gasteiger partial charge in [0.05, 0.1) is 5.02 Å². The van der Waals surface area contributed by atoms with Crippen molar-refractivity contribution in [2.75, 3.05) is 0 Å². The Labute approximate surface area is 91.6 Å². The third-order valence-corrected chi connectivity index (χ3v) is 3.82. The number of nitrogens with zero attached hydrogens (tertiary/aromatic N) is 1. The average molecular weight is 261 g/mol. The van der Waals surface area contributed by atoms with Crippen LogP contribution in [-0.2, 0) is 6.42 Å². The second-order valence-electron chi connectivity index (χ2n) is 3.52. The van der Waals surface area contributed by atoms with Crippen LogP contribution in [0.15, 0.2) is 18.5 Å². The van der Waals surface area contributed by atoms with Gasteiger partial charge in [-0.05, 0) is 36.8 Å². The van der Waals surface area contributed by atoms with Crippen LogP contribution < -0.4 is 0 Å². The Balaban J connectivity index is 2.03. The number of hydrogen-bond acceptors (Lipinski definition) is 1. The Morgan fingerprint density at radius 3 is 3.00 bits per heavy atom. The number of alkyl halides is 1. The molecule has 0 aromatic carbocycles. The van der Waals surface area contributed by atoms with Gasteiger partial charge in [0.15, 0.2) is 0 Å². The molecule has 0 amide bonds. The fourth-order valence-corrected chi connectivity index (χ4v) is 2.48. The van der Waals surface area contributed by atoms with Crippen LogP contribution in [-0.4, -0.2) is 9.81 Å². The van der Waals surface area contributed by atoms with Gasteiger partial charge in [-0.15, -0.1) is 0 Å². The van der Waals surface area contributed by atoms with E-state index in [2.05, 4.69) is 20.9 Å². The van der Waals surface area contributed by atoms with E-state index in [0.29, 0.717) is 4.83 Å². The van der Waals surface area contributed by atoms with Gasteiger partial charge >= 0.3 is 0 Å². The number of hydrogen-bond donors (Lipinski definition) is 0. The summed E-state index contributed by atoms with van der Waals surface area (Å²) in [5.41, 5.74) is 1.20. The Hall–Kier alpha value is -0.0800. The van der Waals surface area contributed by atoms with Gasteiger partial charge in [0.25, 0.3) is 0 Å². The van der Waals surface area contributed by atoms with Crippen molar-refractivity contribution < 1.29 is 0 Å². The molecule has 1 aromatic rings. The molecule has 13 heavy (non-hydrogen) atoms. The normalized spacial score (nSPS) is 18.6. The first-order chi connectivity index (χ1) is 6.27. The molecule has 0 aliphatic heterocycles. The summed E-state index contributed by atoms with van der Waals surface area (Å²) in [6.45, 7) is 0. The van der Waals surface area contributed by atoms with E-state index in [0.717, 1.165) is 17.4 Å². The summed E-state index contributed by atoms with van der Waals surface area (Å²) in [6.07, 6.45) is 7.25. The van der Waals surface area contributed by atoms with Crippen molar-refractivity contribution in [2.45, 2.75) is 24.1 Å². The SMILES string of the molecule is Clc1cnccc1CC(Br)C1CC1. The summed E-state index contributed by atoms with van der Waals surface area (Å²) >= 11 is 9.71. The quantitative estimate of drug-likeness (QED) is 0.759. The van der Waals surface area contributed by atoms with E-state index in [1.165, 1.54) is 18.4 Å². The number of pyridine rings is 1. The van der Waals surface area contributed by atoms with Crippen LogP contribution in [0.25, 0.3) is 0 Å². The molecule has 0 saturated heterocycles. The van der Waals surface area contributed by atoms with Gasteiger partial charge in [-0.3, -0.25) is 4.98 Å². The van der Waals surface area contributed by atoms with Crippen molar-refractivity contribution >= 4 is 27.5 Å². The fraction of sp³-hybridized carbons (Fsp3) is 0.500. The highest BCUT2D eigenvalue weighted by Gasteiger charge is 2.29. The second kappa shape index (κ2) is 3.97. The highest BCUT2D eigenvalue weighted by molar-refractivity contribution is 9.09. The topological polar surface area (TPSA) is 12.9 Å². The second-order valence-corrected chi connectivity index (χ2v) is 5.11. The Morgan fingerprint density at radius 1 is 1.62 bits per heavy atom. The predicted molar refractivity (Wildman–Crippen MR) is 58.4 cm³/mol. The number of halogens is 2. The molecule has 1 aliphatic carbocycles. The maximum absolute atomic E-state index is 6.01. The average Bonchev–Trinajstić information content (AvgIpc) is 2.91. The lowest BCUT2D eigenvalue weighted by Gasteiger charge is -2.08. The van der Waals surface area contributed by atoms with Gasteiger partial charge in [0.1, 0.15) is 0 Å². The zero-order chi connectivity index (χ0) is 9.26. The first-order valence-electron chi connectivity index (χ1n) is 4.50. The largest absolute Gasteiger partial charge is 0.263 e.